The fraction of sp³-hybridized carbons (Fsp3) is 0.0556. The second kappa shape index (κ2) is 7.34. The standard InChI is InChI=1S/C18H7BrF6O3/c19-11-5-10(15-2-1-9(7-26)27-15)16(6-12(11)20)28-17-13(21)3-8(4-14(17)22)18(23,24)25/h1-7H. The van der Waals surface area contributed by atoms with Gasteiger partial charge in [-0.25, -0.2) is 13.2 Å². The first kappa shape index (κ1) is 20.0. The van der Waals surface area contributed by atoms with Crippen molar-refractivity contribution in [3.63, 3.8) is 0 Å². The van der Waals surface area contributed by atoms with Gasteiger partial charge >= 0.3 is 6.18 Å². The molecule has 146 valence electrons. The zero-order valence-corrected chi connectivity index (χ0v) is 15.0. The Balaban J connectivity index is 2.10. The fourth-order valence-electron chi connectivity index (χ4n) is 2.30. The van der Waals surface area contributed by atoms with E-state index in [4.69, 9.17) is 9.15 Å². The number of furan rings is 1. The number of aldehydes is 1. The van der Waals surface area contributed by atoms with Crippen LogP contribution in [0, 0.1) is 17.5 Å². The Morgan fingerprint density at radius 3 is 2.14 bits per heavy atom. The van der Waals surface area contributed by atoms with E-state index in [0.717, 1.165) is 12.1 Å². The van der Waals surface area contributed by atoms with E-state index in [1.54, 1.807) is 0 Å². The molecule has 0 aliphatic rings. The minimum Gasteiger partial charge on any atom is -0.453 e. The lowest BCUT2D eigenvalue weighted by Crippen LogP contribution is -2.07. The van der Waals surface area contributed by atoms with Crippen molar-refractivity contribution in [2.45, 2.75) is 6.18 Å². The zero-order valence-electron chi connectivity index (χ0n) is 13.4. The fourth-order valence-corrected chi connectivity index (χ4v) is 2.64. The summed E-state index contributed by atoms with van der Waals surface area (Å²) in [5, 5.41) is 0. The predicted octanol–water partition coefficient (Wildman–Crippen LogP) is 6.75. The van der Waals surface area contributed by atoms with Crippen LogP contribution < -0.4 is 4.74 Å². The molecule has 0 spiro atoms. The highest BCUT2D eigenvalue weighted by Gasteiger charge is 2.33. The van der Waals surface area contributed by atoms with Crippen LogP contribution in [0.25, 0.3) is 11.3 Å². The molecule has 0 unspecified atom stereocenters. The topological polar surface area (TPSA) is 39.4 Å². The molecule has 0 amide bonds. The van der Waals surface area contributed by atoms with E-state index in [-0.39, 0.29) is 33.7 Å². The Bertz CT molecular complexity index is 1030. The Morgan fingerprint density at radius 1 is 0.964 bits per heavy atom. The number of benzene rings is 2. The molecule has 28 heavy (non-hydrogen) atoms. The number of halogens is 7. The van der Waals surface area contributed by atoms with Crippen molar-refractivity contribution >= 4 is 22.2 Å². The first-order valence-electron chi connectivity index (χ1n) is 7.38. The van der Waals surface area contributed by atoms with Gasteiger partial charge in [-0.15, -0.1) is 0 Å². The number of carbonyl (C=O) groups is 1. The van der Waals surface area contributed by atoms with Crippen molar-refractivity contribution in [3.05, 3.63) is 69.6 Å². The monoisotopic (exact) mass is 464 g/mol. The van der Waals surface area contributed by atoms with Gasteiger partial charge in [-0.2, -0.15) is 13.2 Å². The van der Waals surface area contributed by atoms with Crippen LogP contribution in [0.1, 0.15) is 16.1 Å². The van der Waals surface area contributed by atoms with Crippen molar-refractivity contribution in [3.8, 4) is 22.8 Å². The Kier molecular flexibility index (Phi) is 5.24. The van der Waals surface area contributed by atoms with Gasteiger partial charge in [-0.1, -0.05) is 0 Å². The number of ether oxygens (including phenoxy) is 1. The number of hydrogen-bond acceptors (Lipinski definition) is 3. The third kappa shape index (κ3) is 3.91. The van der Waals surface area contributed by atoms with E-state index < -0.39 is 40.7 Å². The van der Waals surface area contributed by atoms with Gasteiger partial charge in [0.05, 0.1) is 15.6 Å². The lowest BCUT2D eigenvalue weighted by Gasteiger charge is -2.14. The third-order valence-corrected chi connectivity index (χ3v) is 4.18. The van der Waals surface area contributed by atoms with Crippen LogP contribution in [0.15, 0.2) is 45.3 Å². The molecule has 3 rings (SSSR count). The Labute approximate surface area is 161 Å². The van der Waals surface area contributed by atoms with Crippen molar-refractivity contribution < 1.29 is 40.3 Å². The van der Waals surface area contributed by atoms with E-state index in [9.17, 15) is 31.1 Å². The molecule has 2 aromatic carbocycles. The summed E-state index contributed by atoms with van der Waals surface area (Å²) in [7, 11) is 0. The van der Waals surface area contributed by atoms with Crippen molar-refractivity contribution in [1.82, 2.24) is 0 Å². The van der Waals surface area contributed by atoms with Gasteiger partial charge in [0.25, 0.3) is 0 Å². The minimum absolute atomic E-state index is 0.0000675. The summed E-state index contributed by atoms with van der Waals surface area (Å²) in [4.78, 5) is 10.8. The van der Waals surface area contributed by atoms with Crippen LogP contribution in [-0.2, 0) is 6.18 Å². The first-order chi connectivity index (χ1) is 13.1. The molecule has 1 heterocycles. The maximum Gasteiger partial charge on any atom is 0.416 e. The molecule has 0 saturated carbocycles. The molecule has 0 bridgehead atoms. The van der Waals surface area contributed by atoms with Crippen LogP contribution in [0.2, 0.25) is 0 Å². The number of rotatable bonds is 4. The molecule has 0 saturated heterocycles. The van der Waals surface area contributed by atoms with E-state index >= 15 is 0 Å². The Morgan fingerprint density at radius 2 is 1.61 bits per heavy atom. The Hall–Kier alpha value is -2.75. The molecule has 0 radical (unpaired) electrons. The quantitative estimate of drug-likeness (QED) is 0.316. The molecular weight excluding hydrogens is 458 g/mol. The molecule has 0 aliphatic carbocycles. The maximum atomic E-state index is 14.1. The average Bonchev–Trinajstić information content (AvgIpc) is 3.08. The first-order valence-corrected chi connectivity index (χ1v) is 8.18. The molecular formula is C18H7BrF6O3. The third-order valence-electron chi connectivity index (χ3n) is 3.57. The van der Waals surface area contributed by atoms with Crippen LogP contribution >= 0.6 is 15.9 Å². The largest absolute Gasteiger partial charge is 0.453 e. The van der Waals surface area contributed by atoms with Crippen molar-refractivity contribution in [2.24, 2.45) is 0 Å². The number of carbonyl (C=O) groups excluding carboxylic acids is 1. The highest BCUT2D eigenvalue weighted by molar-refractivity contribution is 9.10. The molecule has 3 aromatic rings. The van der Waals surface area contributed by atoms with Gasteiger partial charge in [0, 0.05) is 6.07 Å². The van der Waals surface area contributed by atoms with E-state index in [1.165, 1.54) is 12.1 Å². The smallest absolute Gasteiger partial charge is 0.416 e. The summed E-state index contributed by atoms with van der Waals surface area (Å²) in [6, 6.07) is 4.67. The SMILES string of the molecule is O=Cc1ccc(-c2cc(Br)c(F)cc2Oc2c(F)cc(C(F)(F)F)cc2F)o1. The van der Waals surface area contributed by atoms with Gasteiger partial charge in [0.1, 0.15) is 17.3 Å². The highest BCUT2D eigenvalue weighted by Crippen LogP contribution is 2.40. The molecule has 0 aliphatic heterocycles. The van der Waals surface area contributed by atoms with Gasteiger partial charge < -0.3 is 9.15 Å². The van der Waals surface area contributed by atoms with E-state index in [0.29, 0.717) is 6.29 Å². The van der Waals surface area contributed by atoms with E-state index in [1.807, 2.05) is 0 Å². The zero-order chi connectivity index (χ0) is 20.6. The summed E-state index contributed by atoms with van der Waals surface area (Å²) in [6.45, 7) is 0. The van der Waals surface area contributed by atoms with E-state index in [2.05, 4.69) is 15.9 Å². The molecule has 1 aromatic heterocycles. The normalized spacial score (nSPS) is 11.5. The summed E-state index contributed by atoms with van der Waals surface area (Å²) < 4.78 is 90.2. The molecule has 0 atom stereocenters. The van der Waals surface area contributed by atoms with Crippen LogP contribution in [-0.4, -0.2) is 6.29 Å². The number of alkyl halides is 3. The van der Waals surface area contributed by atoms with Crippen molar-refractivity contribution in [1.29, 1.82) is 0 Å². The lowest BCUT2D eigenvalue weighted by molar-refractivity contribution is -0.138. The van der Waals surface area contributed by atoms with Gasteiger partial charge in [-0.05, 0) is 46.3 Å². The van der Waals surface area contributed by atoms with Gasteiger partial charge in [0.15, 0.2) is 29.4 Å². The molecule has 0 fully saturated rings. The summed E-state index contributed by atoms with van der Waals surface area (Å²) in [5.74, 6) is -5.79. The van der Waals surface area contributed by atoms with Crippen LogP contribution in [0.5, 0.6) is 11.5 Å². The highest BCUT2D eigenvalue weighted by atomic mass is 79.9. The number of hydrogen-bond donors (Lipinski definition) is 0. The average molecular weight is 465 g/mol. The van der Waals surface area contributed by atoms with Crippen LogP contribution in [0.4, 0.5) is 26.3 Å². The van der Waals surface area contributed by atoms with Gasteiger partial charge in [-0.3, -0.25) is 4.79 Å². The van der Waals surface area contributed by atoms with Crippen LogP contribution in [0.3, 0.4) is 0 Å². The molecule has 0 N–H and O–H groups in total. The summed E-state index contributed by atoms with van der Waals surface area (Å²) >= 11 is 2.93. The second-order valence-corrected chi connectivity index (χ2v) is 6.31. The summed E-state index contributed by atoms with van der Waals surface area (Å²) in [5.41, 5.74) is -1.54. The predicted molar refractivity (Wildman–Crippen MR) is 88.6 cm³/mol. The molecule has 3 nitrogen and oxygen atoms in total. The van der Waals surface area contributed by atoms with Gasteiger partial charge in [0.2, 0.25) is 0 Å². The maximum absolute atomic E-state index is 14.1. The molecule has 10 heteroatoms. The lowest BCUT2D eigenvalue weighted by atomic mass is 10.1. The van der Waals surface area contributed by atoms with Crippen molar-refractivity contribution in [2.75, 3.05) is 0 Å². The summed E-state index contributed by atoms with van der Waals surface area (Å²) in [6.07, 6.45) is -4.56. The second-order valence-electron chi connectivity index (χ2n) is 5.45. The minimum atomic E-state index is -4.96.